The molecular weight excluding hydrogens is 280 g/mol. The Balaban J connectivity index is 2.41. The number of carbonyl (C=O) groups excluding carboxylic acids is 1. The SMILES string of the molecule is CCOC(=O)C1=CC2=CC=CC=C(C=C1Br)C2. The van der Waals surface area contributed by atoms with E-state index in [9.17, 15) is 4.79 Å². The minimum Gasteiger partial charge on any atom is -0.462 e. The Morgan fingerprint density at radius 1 is 1.29 bits per heavy atom. The summed E-state index contributed by atoms with van der Waals surface area (Å²) in [7, 11) is 0. The smallest absolute Gasteiger partial charge is 0.339 e. The van der Waals surface area contributed by atoms with Gasteiger partial charge in [0.05, 0.1) is 12.2 Å². The Labute approximate surface area is 109 Å². The van der Waals surface area contributed by atoms with Gasteiger partial charge in [0.1, 0.15) is 0 Å². The van der Waals surface area contributed by atoms with Gasteiger partial charge in [-0.05, 0) is 52.6 Å². The van der Waals surface area contributed by atoms with Crippen molar-refractivity contribution in [1.29, 1.82) is 0 Å². The lowest BCUT2D eigenvalue weighted by Gasteiger charge is -2.05. The van der Waals surface area contributed by atoms with Crippen molar-refractivity contribution in [3.8, 4) is 0 Å². The van der Waals surface area contributed by atoms with Crippen molar-refractivity contribution in [3.05, 3.63) is 57.7 Å². The maximum absolute atomic E-state index is 11.8. The van der Waals surface area contributed by atoms with Crippen LogP contribution in [0.1, 0.15) is 13.3 Å². The second-order valence-electron chi connectivity index (χ2n) is 3.82. The predicted molar refractivity (Wildman–Crippen MR) is 71.6 cm³/mol. The summed E-state index contributed by atoms with van der Waals surface area (Å²) in [6, 6.07) is 0. The van der Waals surface area contributed by atoms with E-state index in [4.69, 9.17) is 4.74 Å². The Bertz CT molecular complexity index is 490. The molecule has 2 bridgehead atoms. The van der Waals surface area contributed by atoms with Gasteiger partial charge in [0, 0.05) is 4.48 Å². The van der Waals surface area contributed by atoms with Crippen LogP contribution in [-0.4, -0.2) is 12.6 Å². The van der Waals surface area contributed by atoms with E-state index in [0.717, 1.165) is 16.5 Å². The molecular formula is C14H13BrO2. The van der Waals surface area contributed by atoms with Gasteiger partial charge in [0.15, 0.2) is 0 Å². The van der Waals surface area contributed by atoms with Crippen LogP contribution in [0.5, 0.6) is 0 Å². The monoisotopic (exact) mass is 292 g/mol. The van der Waals surface area contributed by atoms with E-state index in [1.165, 1.54) is 5.57 Å². The first-order valence-electron chi connectivity index (χ1n) is 5.53. The van der Waals surface area contributed by atoms with Crippen molar-refractivity contribution < 1.29 is 9.53 Å². The lowest BCUT2D eigenvalue weighted by molar-refractivity contribution is -0.138. The first-order valence-corrected chi connectivity index (χ1v) is 6.33. The fourth-order valence-corrected chi connectivity index (χ4v) is 2.34. The Morgan fingerprint density at radius 3 is 2.59 bits per heavy atom. The maximum atomic E-state index is 11.8. The van der Waals surface area contributed by atoms with E-state index >= 15 is 0 Å². The minimum absolute atomic E-state index is 0.285. The molecule has 0 spiro atoms. The summed E-state index contributed by atoms with van der Waals surface area (Å²) < 4.78 is 5.82. The lowest BCUT2D eigenvalue weighted by Crippen LogP contribution is -2.07. The van der Waals surface area contributed by atoms with Crippen LogP contribution in [-0.2, 0) is 9.53 Å². The maximum Gasteiger partial charge on any atom is 0.339 e. The molecule has 0 atom stereocenters. The number of halogens is 1. The molecule has 0 N–H and O–H groups in total. The third-order valence-corrected chi connectivity index (χ3v) is 3.19. The number of fused-ring (bicyclic) bond motifs is 2. The summed E-state index contributed by atoms with van der Waals surface area (Å²) in [6.45, 7) is 2.19. The molecule has 0 aliphatic heterocycles. The fourth-order valence-electron chi connectivity index (χ4n) is 1.77. The first-order chi connectivity index (χ1) is 8.20. The number of carbonyl (C=O) groups is 1. The van der Waals surface area contributed by atoms with Gasteiger partial charge in [-0.15, -0.1) is 0 Å². The molecule has 0 unspecified atom stereocenters. The molecule has 0 amide bonds. The number of rotatable bonds is 2. The van der Waals surface area contributed by atoms with E-state index in [2.05, 4.69) is 15.9 Å². The van der Waals surface area contributed by atoms with Crippen molar-refractivity contribution >= 4 is 21.9 Å². The highest BCUT2D eigenvalue weighted by Crippen LogP contribution is 2.30. The second kappa shape index (κ2) is 5.32. The third kappa shape index (κ3) is 2.86. The molecule has 2 aliphatic rings. The van der Waals surface area contributed by atoms with Gasteiger partial charge in [-0.25, -0.2) is 4.79 Å². The zero-order chi connectivity index (χ0) is 12.3. The normalized spacial score (nSPS) is 18.2. The fraction of sp³-hybridized carbons (Fsp3) is 0.214. The molecule has 0 saturated carbocycles. The van der Waals surface area contributed by atoms with Crippen LogP contribution in [0.25, 0.3) is 0 Å². The predicted octanol–water partition coefficient (Wildman–Crippen LogP) is 3.58. The quantitative estimate of drug-likeness (QED) is 0.727. The Kier molecular flexibility index (Phi) is 3.79. The Morgan fingerprint density at radius 2 is 1.94 bits per heavy atom. The van der Waals surface area contributed by atoms with E-state index in [1.807, 2.05) is 36.5 Å². The first kappa shape index (κ1) is 12.1. The molecule has 0 aromatic heterocycles. The summed E-state index contributed by atoms with van der Waals surface area (Å²) >= 11 is 3.44. The average Bonchev–Trinajstić information content (AvgIpc) is 2.59. The van der Waals surface area contributed by atoms with Gasteiger partial charge in [-0.2, -0.15) is 0 Å². The Hall–Kier alpha value is -1.35. The van der Waals surface area contributed by atoms with Gasteiger partial charge < -0.3 is 4.74 Å². The number of hydrogen-bond donors (Lipinski definition) is 0. The van der Waals surface area contributed by atoms with Crippen LogP contribution >= 0.6 is 15.9 Å². The number of esters is 1. The standard InChI is InChI=1S/C14H13BrO2/c1-2-17-14(16)12-8-10-5-3-4-6-11(7-10)9-13(12)15/h3-6,8-9H,2,7H2,1H3. The van der Waals surface area contributed by atoms with Crippen molar-refractivity contribution in [2.24, 2.45) is 0 Å². The van der Waals surface area contributed by atoms with Crippen LogP contribution in [0.15, 0.2) is 57.7 Å². The topological polar surface area (TPSA) is 26.3 Å². The van der Waals surface area contributed by atoms with E-state index in [0.29, 0.717) is 12.2 Å². The van der Waals surface area contributed by atoms with Crippen LogP contribution in [0.3, 0.4) is 0 Å². The van der Waals surface area contributed by atoms with Crippen LogP contribution in [0.4, 0.5) is 0 Å². The molecule has 2 rings (SSSR count). The van der Waals surface area contributed by atoms with Gasteiger partial charge in [0.2, 0.25) is 0 Å². The van der Waals surface area contributed by atoms with Crippen molar-refractivity contribution in [2.45, 2.75) is 13.3 Å². The molecule has 3 heteroatoms. The number of hydrogen-bond acceptors (Lipinski definition) is 2. The molecule has 0 heterocycles. The molecule has 0 radical (unpaired) electrons. The van der Waals surface area contributed by atoms with Gasteiger partial charge >= 0.3 is 5.97 Å². The van der Waals surface area contributed by atoms with Gasteiger partial charge in [-0.1, -0.05) is 24.3 Å². The van der Waals surface area contributed by atoms with Gasteiger partial charge in [-0.3, -0.25) is 0 Å². The zero-order valence-corrected chi connectivity index (χ0v) is 11.2. The molecule has 0 saturated heterocycles. The molecule has 2 nitrogen and oxygen atoms in total. The lowest BCUT2D eigenvalue weighted by atomic mass is 10.1. The third-order valence-electron chi connectivity index (χ3n) is 2.53. The van der Waals surface area contributed by atoms with Crippen molar-refractivity contribution in [2.75, 3.05) is 6.61 Å². The summed E-state index contributed by atoms with van der Waals surface area (Å²) in [5, 5.41) is 0. The molecule has 0 fully saturated rings. The summed E-state index contributed by atoms with van der Waals surface area (Å²) in [5.74, 6) is -0.285. The highest BCUT2D eigenvalue weighted by molar-refractivity contribution is 9.12. The summed E-state index contributed by atoms with van der Waals surface area (Å²) in [6.07, 6.45) is 12.7. The summed E-state index contributed by atoms with van der Waals surface area (Å²) in [4.78, 5) is 11.8. The van der Waals surface area contributed by atoms with Crippen LogP contribution in [0.2, 0.25) is 0 Å². The molecule has 0 aromatic carbocycles. The number of allylic oxidation sites excluding steroid dienone is 8. The number of ether oxygens (including phenoxy) is 1. The molecule has 0 aromatic rings. The summed E-state index contributed by atoms with van der Waals surface area (Å²) in [5.41, 5.74) is 2.86. The van der Waals surface area contributed by atoms with Crippen molar-refractivity contribution in [3.63, 3.8) is 0 Å². The largest absolute Gasteiger partial charge is 0.462 e. The van der Waals surface area contributed by atoms with E-state index in [-0.39, 0.29) is 5.97 Å². The minimum atomic E-state index is -0.285. The molecule has 2 aliphatic carbocycles. The van der Waals surface area contributed by atoms with E-state index in [1.54, 1.807) is 6.92 Å². The van der Waals surface area contributed by atoms with E-state index < -0.39 is 0 Å². The average molecular weight is 293 g/mol. The highest BCUT2D eigenvalue weighted by atomic mass is 79.9. The van der Waals surface area contributed by atoms with Crippen LogP contribution in [0, 0.1) is 0 Å². The van der Waals surface area contributed by atoms with Crippen LogP contribution < -0.4 is 0 Å². The molecule has 88 valence electrons. The highest BCUT2D eigenvalue weighted by Gasteiger charge is 2.18. The van der Waals surface area contributed by atoms with Gasteiger partial charge in [0.25, 0.3) is 0 Å². The second-order valence-corrected chi connectivity index (χ2v) is 4.67. The van der Waals surface area contributed by atoms with Crippen molar-refractivity contribution in [1.82, 2.24) is 0 Å². The zero-order valence-electron chi connectivity index (χ0n) is 9.57. The molecule has 17 heavy (non-hydrogen) atoms.